The second-order valence-electron chi connectivity index (χ2n) is 13.5. The predicted octanol–water partition coefficient (Wildman–Crippen LogP) is 3.48. The van der Waals surface area contributed by atoms with Gasteiger partial charge in [0.2, 0.25) is 11.7 Å². The highest BCUT2D eigenvalue weighted by Crippen LogP contribution is 2.67. The quantitative estimate of drug-likeness (QED) is 0.350. The molecule has 4 aliphatic rings. The molecule has 0 radical (unpaired) electrons. The molecule has 4 aliphatic carbocycles. The van der Waals surface area contributed by atoms with Gasteiger partial charge in [0.25, 0.3) is 0 Å². The molecule has 0 saturated heterocycles. The van der Waals surface area contributed by atoms with Crippen molar-refractivity contribution in [2.75, 3.05) is 20.3 Å². The second-order valence-corrected chi connectivity index (χ2v) is 13.5. The Morgan fingerprint density at radius 3 is 2.51 bits per heavy atom. The Bertz CT molecular complexity index is 1290. The zero-order valence-electron chi connectivity index (χ0n) is 25.5. The number of methoxy groups -OCH3 is 1. The van der Waals surface area contributed by atoms with Crippen LogP contribution in [-0.2, 0) is 30.3 Å². The first-order valence-corrected chi connectivity index (χ1v) is 15.6. The number of hydrogen-bond acceptors (Lipinski definition) is 8. The highest BCUT2D eigenvalue weighted by Gasteiger charge is 2.68. The number of aliphatic hydroxyl groups excluding tert-OH is 1. The molecule has 7 atom stereocenters. The zero-order chi connectivity index (χ0) is 31.0. The molecule has 0 aromatic heterocycles. The van der Waals surface area contributed by atoms with E-state index in [0.29, 0.717) is 25.8 Å². The molecule has 3 N–H and O–H groups in total. The molecule has 0 heterocycles. The molecule has 0 bridgehead atoms. The normalized spacial score (nSPS) is 34.7. The van der Waals surface area contributed by atoms with Crippen molar-refractivity contribution in [3.63, 3.8) is 0 Å². The van der Waals surface area contributed by atoms with Crippen molar-refractivity contribution in [3.8, 4) is 5.75 Å². The van der Waals surface area contributed by atoms with Crippen LogP contribution >= 0.6 is 0 Å². The molecular formula is C34H45NO8. The van der Waals surface area contributed by atoms with Crippen LogP contribution in [0, 0.1) is 28.6 Å². The number of hydrogen-bond donors (Lipinski definition) is 3. The van der Waals surface area contributed by atoms with Gasteiger partial charge >= 0.3 is 5.97 Å². The lowest BCUT2D eigenvalue weighted by Crippen LogP contribution is -2.62. The fourth-order valence-corrected chi connectivity index (χ4v) is 8.93. The summed E-state index contributed by atoms with van der Waals surface area (Å²) in [4.78, 5) is 50.2. The van der Waals surface area contributed by atoms with Crippen LogP contribution in [0.2, 0.25) is 0 Å². The van der Waals surface area contributed by atoms with E-state index in [2.05, 4.69) is 12.2 Å². The van der Waals surface area contributed by atoms with Crippen molar-refractivity contribution in [3.05, 3.63) is 41.5 Å². The SMILES string of the molecule is COc1ccc(CCNC(=O)CCC(=O)OCC(=O)[C@@]2(O)CCC3C4CCC5=CC(=O)CC[C@]5(C)C4C(O)C[C@@]32C)cc1. The van der Waals surface area contributed by atoms with E-state index in [9.17, 15) is 29.4 Å². The average Bonchev–Trinajstić information content (AvgIpc) is 3.25. The summed E-state index contributed by atoms with van der Waals surface area (Å²) in [5, 5.41) is 26.1. The lowest BCUT2D eigenvalue weighted by Gasteiger charge is -2.60. The Balaban J connectivity index is 1.12. The summed E-state index contributed by atoms with van der Waals surface area (Å²) in [6, 6.07) is 7.56. The maximum absolute atomic E-state index is 13.4. The molecule has 43 heavy (non-hydrogen) atoms. The highest BCUT2D eigenvalue weighted by atomic mass is 16.5. The molecule has 4 unspecified atom stereocenters. The van der Waals surface area contributed by atoms with Crippen LogP contribution in [0.5, 0.6) is 5.75 Å². The number of allylic oxidation sites excluding steroid dienone is 1. The number of aliphatic hydroxyl groups is 2. The lowest BCUT2D eigenvalue weighted by atomic mass is 9.45. The minimum absolute atomic E-state index is 0.0173. The number of ketones is 2. The van der Waals surface area contributed by atoms with Crippen molar-refractivity contribution >= 4 is 23.4 Å². The van der Waals surface area contributed by atoms with Gasteiger partial charge in [0, 0.05) is 24.8 Å². The molecule has 0 aliphatic heterocycles. The summed E-state index contributed by atoms with van der Waals surface area (Å²) >= 11 is 0. The lowest BCUT2D eigenvalue weighted by molar-refractivity contribution is -0.184. The summed E-state index contributed by atoms with van der Waals surface area (Å²) in [7, 11) is 1.60. The molecule has 5 rings (SSSR count). The van der Waals surface area contributed by atoms with Crippen molar-refractivity contribution in [2.24, 2.45) is 28.6 Å². The minimum atomic E-state index is -1.71. The van der Waals surface area contributed by atoms with Gasteiger partial charge in [0.05, 0.1) is 19.6 Å². The van der Waals surface area contributed by atoms with E-state index in [1.54, 1.807) is 13.2 Å². The minimum Gasteiger partial charge on any atom is -0.497 e. The fraction of sp³-hybridized carbons (Fsp3) is 0.647. The van der Waals surface area contributed by atoms with Gasteiger partial charge in [-0.2, -0.15) is 0 Å². The third-order valence-corrected chi connectivity index (χ3v) is 11.3. The summed E-state index contributed by atoms with van der Waals surface area (Å²) in [6.45, 7) is 3.93. The number of rotatable bonds is 10. The van der Waals surface area contributed by atoms with Crippen molar-refractivity contribution in [1.82, 2.24) is 5.32 Å². The summed E-state index contributed by atoms with van der Waals surface area (Å²) in [6.07, 6.45) is 5.50. The number of Topliss-reactive ketones (excluding diaryl/α,β-unsaturated/α-hetero) is 1. The number of amides is 1. The number of esters is 1. The van der Waals surface area contributed by atoms with Crippen LogP contribution in [0.3, 0.4) is 0 Å². The molecule has 0 spiro atoms. The number of carbonyl (C=O) groups is 4. The largest absolute Gasteiger partial charge is 0.497 e. The number of nitrogens with one attached hydrogen (secondary N) is 1. The first-order valence-electron chi connectivity index (χ1n) is 15.6. The van der Waals surface area contributed by atoms with Gasteiger partial charge < -0.3 is 25.0 Å². The van der Waals surface area contributed by atoms with Crippen molar-refractivity contribution in [2.45, 2.75) is 89.8 Å². The summed E-state index contributed by atoms with van der Waals surface area (Å²) < 4.78 is 10.4. The standard InChI is InChI=1S/C34H45NO8/c1-32-15-12-23(36)18-22(32)6-9-25-26-13-16-34(41,33(26,2)19-27(37)31(25)32)28(38)20-43-30(40)11-10-29(39)35-17-14-21-4-7-24(42-3)8-5-21/h4-5,7-8,18,25-27,31,37,41H,6,9-17,19-20H2,1-3H3,(H,35,39)/t25?,26?,27?,31?,32-,33-,34-/m0/s1. The van der Waals surface area contributed by atoms with E-state index in [0.717, 1.165) is 36.1 Å². The second kappa shape index (κ2) is 12.2. The van der Waals surface area contributed by atoms with Crippen LogP contribution in [0.25, 0.3) is 0 Å². The molecule has 9 nitrogen and oxygen atoms in total. The van der Waals surface area contributed by atoms with Gasteiger partial charge in [-0.05, 0) is 91.9 Å². The topological polar surface area (TPSA) is 139 Å². The number of carbonyl (C=O) groups excluding carboxylic acids is 4. The van der Waals surface area contributed by atoms with E-state index in [-0.39, 0.29) is 60.5 Å². The smallest absolute Gasteiger partial charge is 0.306 e. The van der Waals surface area contributed by atoms with Crippen LogP contribution in [0.1, 0.15) is 77.2 Å². The molecule has 234 valence electrons. The van der Waals surface area contributed by atoms with E-state index in [1.165, 1.54) is 0 Å². The van der Waals surface area contributed by atoms with Crippen LogP contribution in [-0.4, -0.2) is 65.6 Å². The third-order valence-electron chi connectivity index (χ3n) is 11.3. The number of ether oxygens (including phenoxy) is 2. The monoisotopic (exact) mass is 595 g/mol. The molecule has 1 aromatic rings. The highest BCUT2D eigenvalue weighted by molar-refractivity contribution is 5.92. The number of fused-ring (bicyclic) bond motifs is 5. The Kier molecular flexibility index (Phi) is 8.87. The summed E-state index contributed by atoms with van der Waals surface area (Å²) in [5.41, 5.74) is -0.620. The molecule has 1 aromatic carbocycles. The van der Waals surface area contributed by atoms with Gasteiger partial charge in [0.15, 0.2) is 12.4 Å². The first kappa shape index (κ1) is 31.4. The van der Waals surface area contributed by atoms with E-state index >= 15 is 0 Å². The van der Waals surface area contributed by atoms with Crippen LogP contribution in [0.4, 0.5) is 0 Å². The number of benzene rings is 1. The zero-order valence-corrected chi connectivity index (χ0v) is 25.5. The molecule has 3 saturated carbocycles. The Morgan fingerprint density at radius 2 is 1.79 bits per heavy atom. The van der Waals surface area contributed by atoms with E-state index in [1.807, 2.05) is 31.2 Å². The van der Waals surface area contributed by atoms with Crippen LogP contribution < -0.4 is 10.1 Å². The summed E-state index contributed by atoms with van der Waals surface area (Å²) in [5.74, 6) is -0.424. The molecule has 3 fully saturated rings. The van der Waals surface area contributed by atoms with Gasteiger partial charge in [-0.15, -0.1) is 0 Å². The van der Waals surface area contributed by atoms with Gasteiger partial charge in [-0.25, -0.2) is 0 Å². The first-order chi connectivity index (χ1) is 20.4. The molecule has 1 amide bonds. The van der Waals surface area contributed by atoms with E-state index < -0.39 is 35.5 Å². The Morgan fingerprint density at radius 1 is 1.05 bits per heavy atom. The average molecular weight is 596 g/mol. The van der Waals surface area contributed by atoms with E-state index in [4.69, 9.17) is 9.47 Å². The molecular weight excluding hydrogens is 550 g/mol. The predicted molar refractivity (Wildman–Crippen MR) is 158 cm³/mol. The van der Waals surface area contributed by atoms with Gasteiger partial charge in [-0.3, -0.25) is 19.2 Å². The third kappa shape index (κ3) is 5.78. The van der Waals surface area contributed by atoms with Gasteiger partial charge in [0.1, 0.15) is 11.4 Å². The fourth-order valence-electron chi connectivity index (χ4n) is 8.93. The Labute approximate surface area is 253 Å². The molecule has 9 heteroatoms. The van der Waals surface area contributed by atoms with Crippen molar-refractivity contribution in [1.29, 1.82) is 0 Å². The van der Waals surface area contributed by atoms with Crippen LogP contribution in [0.15, 0.2) is 35.9 Å². The maximum atomic E-state index is 13.4. The maximum Gasteiger partial charge on any atom is 0.306 e. The Hall–Kier alpha value is -3.04. The van der Waals surface area contributed by atoms with Crippen molar-refractivity contribution < 1.29 is 38.9 Å². The van der Waals surface area contributed by atoms with Gasteiger partial charge in [-0.1, -0.05) is 31.6 Å².